The molecule has 0 aliphatic heterocycles. The summed E-state index contributed by atoms with van der Waals surface area (Å²) in [5.41, 5.74) is 3.77. The van der Waals surface area contributed by atoms with Crippen LogP contribution < -0.4 is 15.6 Å². The molecule has 0 amide bonds. The van der Waals surface area contributed by atoms with Crippen molar-refractivity contribution in [3.63, 3.8) is 0 Å². The highest BCUT2D eigenvalue weighted by Gasteiger charge is 2.14. The van der Waals surface area contributed by atoms with Crippen molar-refractivity contribution in [3.8, 4) is 28.8 Å². The number of nitrogens with zero attached hydrogens (tertiary/aromatic N) is 3. The molecule has 0 bridgehead atoms. The van der Waals surface area contributed by atoms with Gasteiger partial charge < -0.3 is 20.1 Å². The van der Waals surface area contributed by atoms with E-state index >= 15 is 0 Å². The molecule has 2 heterocycles. The Bertz CT molecular complexity index is 1730. The molecule has 0 aliphatic carbocycles. The molecule has 3 N–H and O–H groups in total. The molecular formula is C29H23N5O3S. The number of ether oxygens (including phenoxy) is 1. The highest BCUT2D eigenvalue weighted by molar-refractivity contribution is 7.98. The molecule has 0 spiro atoms. The van der Waals surface area contributed by atoms with E-state index in [9.17, 15) is 15.2 Å². The molecule has 5 aromatic rings. The third kappa shape index (κ3) is 5.45. The van der Waals surface area contributed by atoms with Crippen molar-refractivity contribution in [2.75, 3.05) is 12.4 Å². The molecule has 0 unspecified atom stereocenters. The van der Waals surface area contributed by atoms with Gasteiger partial charge in [0.2, 0.25) is 0 Å². The predicted molar refractivity (Wildman–Crippen MR) is 148 cm³/mol. The first-order chi connectivity index (χ1) is 18.5. The van der Waals surface area contributed by atoms with Gasteiger partial charge in [0.15, 0.2) is 5.16 Å². The number of phenolic OH excluding ortho intramolecular Hbond substituents is 1. The lowest BCUT2D eigenvalue weighted by Gasteiger charge is -2.10. The van der Waals surface area contributed by atoms with Crippen LogP contribution in [0.1, 0.15) is 16.8 Å². The second-order valence-corrected chi connectivity index (χ2v) is 9.40. The number of phenols is 1. The zero-order valence-electron chi connectivity index (χ0n) is 20.4. The van der Waals surface area contributed by atoms with Crippen molar-refractivity contribution >= 4 is 28.4 Å². The zero-order valence-corrected chi connectivity index (χ0v) is 21.2. The number of methoxy groups -OCH3 is 1. The van der Waals surface area contributed by atoms with E-state index < -0.39 is 5.56 Å². The largest absolute Gasteiger partial charge is 0.506 e. The Morgan fingerprint density at radius 3 is 2.74 bits per heavy atom. The zero-order chi connectivity index (χ0) is 26.5. The molecule has 0 fully saturated rings. The molecule has 0 aliphatic rings. The summed E-state index contributed by atoms with van der Waals surface area (Å²) in [6, 6.07) is 26.2. The molecule has 0 atom stereocenters. The molecular weight excluding hydrogens is 498 g/mol. The number of benzene rings is 3. The van der Waals surface area contributed by atoms with Crippen LogP contribution in [0.25, 0.3) is 22.2 Å². The Hall–Kier alpha value is -4.81. The summed E-state index contributed by atoms with van der Waals surface area (Å²) >= 11 is 1.38. The van der Waals surface area contributed by atoms with E-state index in [1.165, 1.54) is 11.8 Å². The lowest BCUT2D eigenvalue weighted by atomic mass is 10.1. The first-order valence-electron chi connectivity index (χ1n) is 11.8. The third-order valence-corrected chi connectivity index (χ3v) is 6.83. The van der Waals surface area contributed by atoms with Gasteiger partial charge in [0.05, 0.1) is 25.0 Å². The van der Waals surface area contributed by atoms with Crippen LogP contribution in [0.15, 0.2) is 88.8 Å². The quantitative estimate of drug-likeness (QED) is 0.181. The van der Waals surface area contributed by atoms with Gasteiger partial charge in [-0.1, -0.05) is 54.2 Å². The number of hydrogen-bond donors (Lipinski definition) is 3. The highest BCUT2D eigenvalue weighted by Crippen LogP contribution is 2.27. The number of aromatic nitrogens is 3. The molecule has 9 heteroatoms. The summed E-state index contributed by atoms with van der Waals surface area (Å²) in [4.78, 5) is 24.5. The third-order valence-electron chi connectivity index (χ3n) is 5.89. The van der Waals surface area contributed by atoms with E-state index in [2.05, 4.69) is 20.3 Å². The fourth-order valence-corrected chi connectivity index (χ4v) is 4.79. The van der Waals surface area contributed by atoms with Gasteiger partial charge in [-0.2, -0.15) is 5.26 Å². The average molecular weight is 522 g/mol. The molecule has 0 saturated heterocycles. The number of anilines is 1. The second kappa shape index (κ2) is 11.1. The first-order valence-corrected chi connectivity index (χ1v) is 12.7. The van der Waals surface area contributed by atoms with Crippen LogP contribution in [0.5, 0.6) is 11.5 Å². The maximum atomic E-state index is 12.6. The Morgan fingerprint density at radius 1 is 1.05 bits per heavy atom. The van der Waals surface area contributed by atoms with Crippen LogP contribution in [-0.2, 0) is 12.3 Å². The van der Waals surface area contributed by atoms with Gasteiger partial charge >= 0.3 is 0 Å². The maximum Gasteiger partial charge on any atom is 0.270 e. The smallest absolute Gasteiger partial charge is 0.270 e. The van der Waals surface area contributed by atoms with Crippen molar-refractivity contribution < 1.29 is 9.84 Å². The van der Waals surface area contributed by atoms with Crippen molar-refractivity contribution in [1.82, 2.24) is 15.0 Å². The summed E-state index contributed by atoms with van der Waals surface area (Å²) < 4.78 is 5.28. The lowest BCUT2D eigenvalue weighted by molar-refractivity contribution is 0.415. The van der Waals surface area contributed by atoms with Gasteiger partial charge in [-0.15, -0.1) is 0 Å². The van der Waals surface area contributed by atoms with Crippen LogP contribution in [0, 0.1) is 11.3 Å². The lowest BCUT2D eigenvalue weighted by Crippen LogP contribution is -2.14. The SMILES string of the molecule is COc1cccc(-c2nc(SCc3cccc(NCc4ccc5cccc(O)c5n4)c3)[nH]c(=O)c2C#N)c1. The van der Waals surface area contributed by atoms with Crippen LogP contribution >= 0.6 is 11.8 Å². The average Bonchev–Trinajstić information content (AvgIpc) is 2.95. The van der Waals surface area contributed by atoms with Gasteiger partial charge in [-0.05, 0) is 42.0 Å². The van der Waals surface area contributed by atoms with Crippen molar-refractivity contribution in [2.45, 2.75) is 17.5 Å². The number of H-pyrrole nitrogens is 1. The van der Waals surface area contributed by atoms with E-state index in [0.717, 1.165) is 22.3 Å². The number of hydrogen-bond acceptors (Lipinski definition) is 8. The van der Waals surface area contributed by atoms with Gasteiger partial charge in [-0.25, -0.2) is 9.97 Å². The Labute approximate surface area is 223 Å². The van der Waals surface area contributed by atoms with Crippen molar-refractivity contribution in [1.29, 1.82) is 5.26 Å². The summed E-state index contributed by atoms with van der Waals surface area (Å²) in [6.45, 7) is 0.495. The Morgan fingerprint density at radius 2 is 1.89 bits per heavy atom. The fraction of sp³-hybridized carbons (Fsp3) is 0.103. The number of aromatic amines is 1. The minimum Gasteiger partial charge on any atom is -0.506 e. The van der Waals surface area contributed by atoms with Crippen LogP contribution in [0.2, 0.25) is 0 Å². The number of pyridine rings is 1. The van der Waals surface area contributed by atoms with Gasteiger partial charge in [0.1, 0.15) is 28.6 Å². The van der Waals surface area contributed by atoms with E-state index in [4.69, 9.17) is 4.74 Å². The summed E-state index contributed by atoms with van der Waals surface area (Å²) in [7, 11) is 1.56. The molecule has 3 aromatic carbocycles. The number of aromatic hydroxyl groups is 1. The van der Waals surface area contributed by atoms with E-state index in [0.29, 0.717) is 40.0 Å². The summed E-state index contributed by atoms with van der Waals surface area (Å²) in [5, 5.41) is 24.3. The molecule has 0 radical (unpaired) electrons. The minimum absolute atomic E-state index is 0.0376. The molecule has 38 heavy (non-hydrogen) atoms. The van der Waals surface area contributed by atoms with E-state index in [1.54, 1.807) is 43.5 Å². The van der Waals surface area contributed by atoms with Crippen molar-refractivity contribution in [2.24, 2.45) is 0 Å². The van der Waals surface area contributed by atoms with Crippen LogP contribution in [-0.4, -0.2) is 27.2 Å². The number of rotatable bonds is 8. The van der Waals surface area contributed by atoms with Gasteiger partial charge in [0.25, 0.3) is 5.56 Å². The maximum absolute atomic E-state index is 12.6. The van der Waals surface area contributed by atoms with Crippen molar-refractivity contribution in [3.05, 3.63) is 106 Å². The Kier molecular flexibility index (Phi) is 7.24. The first kappa shape index (κ1) is 24.9. The van der Waals surface area contributed by atoms with E-state index in [-0.39, 0.29) is 11.3 Å². The number of para-hydroxylation sites is 1. The van der Waals surface area contributed by atoms with Gasteiger partial charge in [0, 0.05) is 22.4 Å². The molecule has 8 nitrogen and oxygen atoms in total. The molecule has 188 valence electrons. The number of nitriles is 1. The minimum atomic E-state index is -0.479. The standard InChI is InChI=1S/C29H23N5O3S/c1-37-23-9-3-7-20(14-23)26-24(15-30)28(36)34-29(33-26)38-17-18-5-2-8-21(13-18)31-16-22-12-11-19-6-4-10-25(35)27(19)32-22/h2-14,31,35H,16-17H2,1H3,(H,33,34,36). The topological polar surface area (TPSA) is 124 Å². The van der Waals surface area contributed by atoms with Gasteiger partial charge in [-0.3, -0.25) is 4.79 Å². The van der Waals surface area contributed by atoms with Crippen LogP contribution in [0.4, 0.5) is 5.69 Å². The normalized spacial score (nSPS) is 10.7. The van der Waals surface area contributed by atoms with Crippen LogP contribution in [0.3, 0.4) is 0 Å². The summed E-state index contributed by atoms with van der Waals surface area (Å²) in [6.07, 6.45) is 0. The molecule has 5 rings (SSSR count). The fourth-order valence-electron chi connectivity index (χ4n) is 3.99. The number of fused-ring (bicyclic) bond motifs is 1. The number of nitrogens with one attached hydrogen (secondary N) is 2. The monoisotopic (exact) mass is 521 g/mol. The molecule has 2 aromatic heterocycles. The predicted octanol–water partition coefficient (Wildman–Crippen LogP) is 5.48. The molecule has 0 saturated carbocycles. The van der Waals surface area contributed by atoms with E-state index in [1.807, 2.05) is 48.5 Å². The number of thioether (sulfide) groups is 1. The second-order valence-electron chi connectivity index (χ2n) is 8.43. The Balaban J connectivity index is 1.30. The highest BCUT2D eigenvalue weighted by atomic mass is 32.2. The summed E-state index contributed by atoms with van der Waals surface area (Å²) in [5.74, 6) is 1.33.